The molecule has 0 saturated carbocycles. The van der Waals surface area contributed by atoms with Crippen molar-refractivity contribution in [1.82, 2.24) is 10.2 Å². The minimum Gasteiger partial charge on any atom is -0.507 e. The first kappa shape index (κ1) is 29.8. The quantitative estimate of drug-likeness (QED) is 0.259. The molecule has 3 aromatic carbocycles. The van der Waals surface area contributed by atoms with Crippen LogP contribution in [0.3, 0.4) is 0 Å². The van der Waals surface area contributed by atoms with E-state index in [4.69, 9.17) is 4.74 Å². The predicted octanol–water partition coefficient (Wildman–Crippen LogP) is 5.60. The number of alkyl carbamates (subject to hydrolysis) is 1. The third kappa shape index (κ3) is 7.66. The summed E-state index contributed by atoms with van der Waals surface area (Å²) in [5.74, 6) is -1.11. The zero-order valence-electron chi connectivity index (χ0n) is 23.0. The maximum Gasteiger partial charge on any atom is 0.408 e. The van der Waals surface area contributed by atoms with Crippen LogP contribution in [0.25, 0.3) is 10.8 Å². The molecule has 0 aliphatic carbocycles. The Kier molecular flexibility index (Phi) is 9.86. The summed E-state index contributed by atoms with van der Waals surface area (Å²) in [4.78, 5) is 41.6. The first-order valence-electron chi connectivity index (χ1n) is 12.9. The third-order valence-corrected chi connectivity index (χ3v) is 6.42. The number of amides is 3. The SMILES string of the molecule is CCCN(C(=O)C(CS)NC(=O)OC(C)(C)C)C(C(=O)Nc1ccc2ccccc2c1)c1cccc(C)c1O. The van der Waals surface area contributed by atoms with Crippen molar-refractivity contribution in [2.45, 2.75) is 58.7 Å². The molecule has 0 aromatic heterocycles. The molecule has 9 heteroatoms. The summed E-state index contributed by atoms with van der Waals surface area (Å²) in [6.45, 7) is 8.97. The number of phenols is 1. The molecule has 3 N–H and O–H groups in total. The fourth-order valence-electron chi connectivity index (χ4n) is 4.27. The van der Waals surface area contributed by atoms with Crippen LogP contribution in [0.5, 0.6) is 5.75 Å². The van der Waals surface area contributed by atoms with Crippen LogP contribution < -0.4 is 10.6 Å². The van der Waals surface area contributed by atoms with Gasteiger partial charge in [-0.1, -0.05) is 55.5 Å². The number of aryl methyl sites for hydroxylation is 1. The van der Waals surface area contributed by atoms with Crippen molar-refractivity contribution in [3.05, 3.63) is 71.8 Å². The minimum atomic E-state index is -1.17. The lowest BCUT2D eigenvalue weighted by molar-refractivity contribution is -0.140. The van der Waals surface area contributed by atoms with E-state index in [1.807, 2.05) is 43.3 Å². The Morgan fingerprint density at radius 2 is 1.72 bits per heavy atom. The van der Waals surface area contributed by atoms with Crippen LogP contribution in [0.1, 0.15) is 51.3 Å². The molecule has 0 fully saturated rings. The Balaban J connectivity index is 2.01. The van der Waals surface area contributed by atoms with E-state index in [0.29, 0.717) is 17.7 Å². The normalized spacial score (nSPS) is 12.9. The summed E-state index contributed by atoms with van der Waals surface area (Å²) in [6.07, 6.45) is -0.231. The Bertz CT molecular complexity index is 1340. The minimum absolute atomic E-state index is 0.0168. The smallest absolute Gasteiger partial charge is 0.408 e. The summed E-state index contributed by atoms with van der Waals surface area (Å²) in [6, 6.07) is 16.2. The number of benzene rings is 3. The number of carbonyl (C=O) groups excluding carboxylic acids is 3. The number of aromatic hydroxyl groups is 1. The van der Waals surface area contributed by atoms with E-state index >= 15 is 0 Å². The molecule has 0 saturated heterocycles. The van der Waals surface area contributed by atoms with E-state index in [1.165, 1.54) is 4.90 Å². The van der Waals surface area contributed by atoms with Crippen molar-refractivity contribution in [1.29, 1.82) is 0 Å². The molecule has 0 bridgehead atoms. The van der Waals surface area contributed by atoms with Gasteiger partial charge in [0.2, 0.25) is 5.91 Å². The zero-order chi connectivity index (χ0) is 28.7. The number of nitrogens with zero attached hydrogens (tertiary/aromatic N) is 1. The van der Waals surface area contributed by atoms with E-state index in [0.717, 1.165) is 10.8 Å². The second kappa shape index (κ2) is 12.9. The predicted molar refractivity (Wildman–Crippen MR) is 157 cm³/mol. The summed E-state index contributed by atoms with van der Waals surface area (Å²) >= 11 is 4.29. The van der Waals surface area contributed by atoms with Gasteiger partial charge in [0, 0.05) is 23.5 Å². The molecule has 0 spiro atoms. The molecule has 0 aliphatic rings. The number of thiol groups is 1. The highest BCUT2D eigenvalue weighted by molar-refractivity contribution is 7.80. The largest absolute Gasteiger partial charge is 0.507 e. The monoisotopic (exact) mass is 551 g/mol. The van der Waals surface area contributed by atoms with Gasteiger partial charge >= 0.3 is 6.09 Å². The molecular weight excluding hydrogens is 514 g/mol. The molecule has 3 aromatic rings. The average Bonchev–Trinajstić information content (AvgIpc) is 2.87. The number of ether oxygens (including phenoxy) is 1. The topological polar surface area (TPSA) is 108 Å². The second-order valence-electron chi connectivity index (χ2n) is 10.4. The number of para-hydroxylation sites is 1. The van der Waals surface area contributed by atoms with Crippen LogP contribution in [-0.4, -0.2) is 51.9 Å². The first-order valence-corrected chi connectivity index (χ1v) is 13.6. The van der Waals surface area contributed by atoms with Crippen LogP contribution in [0, 0.1) is 6.92 Å². The Morgan fingerprint density at radius 1 is 1.03 bits per heavy atom. The third-order valence-electron chi connectivity index (χ3n) is 6.06. The lowest BCUT2D eigenvalue weighted by atomic mass is 9.99. The standard InChI is InChI=1S/C30H37N3O5S/c1-6-16-33(28(36)24(18-39)32-29(37)38-30(3,4)5)25(23-13-9-10-19(2)26(23)34)27(35)31-22-15-14-20-11-7-8-12-21(20)17-22/h7-15,17,24-25,34,39H,6,16,18H2,1-5H3,(H,31,35)(H,32,37). The van der Waals surface area contributed by atoms with E-state index in [2.05, 4.69) is 23.3 Å². The van der Waals surface area contributed by atoms with Gasteiger partial charge in [-0.05, 0) is 62.6 Å². The van der Waals surface area contributed by atoms with Gasteiger partial charge in [-0.15, -0.1) is 0 Å². The molecule has 8 nitrogen and oxygen atoms in total. The van der Waals surface area contributed by atoms with Gasteiger partial charge in [0.1, 0.15) is 23.4 Å². The molecule has 3 rings (SSSR count). The average molecular weight is 552 g/mol. The summed E-state index contributed by atoms with van der Waals surface area (Å²) in [5.41, 5.74) is 0.646. The van der Waals surface area contributed by atoms with Gasteiger partial charge in [-0.3, -0.25) is 9.59 Å². The maximum atomic E-state index is 13.9. The van der Waals surface area contributed by atoms with Gasteiger partial charge in [0.15, 0.2) is 0 Å². The number of hydrogen-bond acceptors (Lipinski definition) is 6. The van der Waals surface area contributed by atoms with Crippen molar-refractivity contribution in [2.75, 3.05) is 17.6 Å². The summed E-state index contributed by atoms with van der Waals surface area (Å²) in [5, 5.41) is 18.4. The molecule has 2 unspecified atom stereocenters. The Hall–Kier alpha value is -3.72. The van der Waals surface area contributed by atoms with Crippen LogP contribution in [-0.2, 0) is 14.3 Å². The highest BCUT2D eigenvalue weighted by atomic mass is 32.1. The molecule has 39 heavy (non-hydrogen) atoms. The zero-order valence-corrected chi connectivity index (χ0v) is 23.9. The lowest BCUT2D eigenvalue weighted by Crippen LogP contribution is -2.53. The number of rotatable bonds is 9. The number of nitrogens with one attached hydrogen (secondary N) is 2. The number of fused-ring (bicyclic) bond motifs is 1. The van der Waals surface area contributed by atoms with Gasteiger partial charge in [-0.2, -0.15) is 12.6 Å². The van der Waals surface area contributed by atoms with Crippen molar-refractivity contribution >= 4 is 47.0 Å². The molecule has 0 aliphatic heterocycles. The van der Waals surface area contributed by atoms with Gasteiger partial charge in [-0.25, -0.2) is 4.79 Å². The van der Waals surface area contributed by atoms with Crippen molar-refractivity contribution in [3.63, 3.8) is 0 Å². The van der Waals surface area contributed by atoms with Crippen LogP contribution >= 0.6 is 12.6 Å². The van der Waals surface area contributed by atoms with E-state index < -0.39 is 35.6 Å². The van der Waals surface area contributed by atoms with Gasteiger partial charge < -0.3 is 25.4 Å². The summed E-state index contributed by atoms with van der Waals surface area (Å²) < 4.78 is 5.33. The molecular formula is C30H37N3O5S. The van der Waals surface area contributed by atoms with Crippen molar-refractivity contribution < 1.29 is 24.2 Å². The highest BCUT2D eigenvalue weighted by Gasteiger charge is 2.37. The van der Waals surface area contributed by atoms with Gasteiger partial charge in [0.25, 0.3) is 5.91 Å². The number of anilines is 1. The van der Waals surface area contributed by atoms with E-state index in [1.54, 1.807) is 52.0 Å². The van der Waals surface area contributed by atoms with E-state index in [9.17, 15) is 19.5 Å². The maximum absolute atomic E-state index is 13.9. The fourth-order valence-corrected chi connectivity index (χ4v) is 4.52. The number of phenolic OH excluding ortho intramolecular Hbond substituents is 1. The molecule has 208 valence electrons. The van der Waals surface area contributed by atoms with Crippen LogP contribution in [0.2, 0.25) is 0 Å². The molecule has 0 radical (unpaired) electrons. The molecule has 0 heterocycles. The lowest BCUT2D eigenvalue weighted by Gasteiger charge is -2.34. The van der Waals surface area contributed by atoms with Crippen LogP contribution in [0.15, 0.2) is 60.7 Å². The molecule has 2 atom stereocenters. The Morgan fingerprint density at radius 3 is 2.36 bits per heavy atom. The van der Waals surface area contributed by atoms with Crippen LogP contribution in [0.4, 0.5) is 10.5 Å². The second-order valence-corrected chi connectivity index (χ2v) is 10.7. The van der Waals surface area contributed by atoms with Crippen molar-refractivity contribution in [3.8, 4) is 5.75 Å². The number of hydrogen-bond donors (Lipinski definition) is 4. The number of carbonyl (C=O) groups is 3. The summed E-state index contributed by atoms with van der Waals surface area (Å²) in [7, 11) is 0. The first-order chi connectivity index (χ1) is 18.4. The Labute approximate surface area is 235 Å². The van der Waals surface area contributed by atoms with E-state index in [-0.39, 0.29) is 23.6 Å². The fraction of sp³-hybridized carbons (Fsp3) is 0.367. The van der Waals surface area contributed by atoms with Crippen molar-refractivity contribution in [2.24, 2.45) is 0 Å². The highest BCUT2D eigenvalue weighted by Crippen LogP contribution is 2.33. The molecule has 3 amide bonds. The van der Waals surface area contributed by atoms with Gasteiger partial charge in [0.05, 0.1) is 0 Å².